The summed E-state index contributed by atoms with van der Waals surface area (Å²) in [4.78, 5) is 24.4. The van der Waals surface area contributed by atoms with Crippen molar-refractivity contribution in [3.8, 4) is 35.5 Å². The molecule has 0 amide bonds. The molecule has 4 heteroatoms. The number of carbonyl (C=O) groups is 2. The first-order valence-corrected chi connectivity index (χ1v) is 14.9. The van der Waals surface area contributed by atoms with E-state index in [1.54, 1.807) is 13.8 Å². The molecule has 0 fully saturated rings. The first-order chi connectivity index (χ1) is 20.5. The molecule has 0 unspecified atom stereocenters. The van der Waals surface area contributed by atoms with E-state index >= 15 is 0 Å². The van der Waals surface area contributed by atoms with Gasteiger partial charge >= 0.3 is 0 Å². The van der Waals surface area contributed by atoms with E-state index in [2.05, 4.69) is 35.5 Å². The van der Waals surface area contributed by atoms with Crippen molar-refractivity contribution in [2.45, 2.75) is 94.3 Å². The van der Waals surface area contributed by atoms with E-state index in [4.69, 9.17) is 0 Å². The van der Waals surface area contributed by atoms with Crippen molar-refractivity contribution in [2.75, 3.05) is 0 Å². The van der Waals surface area contributed by atoms with E-state index in [0.29, 0.717) is 24.0 Å². The minimum Gasteiger partial charge on any atom is -0.385 e. The summed E-state index contributed by atoms with van der Waals surface area (Å²) in [5.74, 6) is 18.2. The zero-order chi connectivity index (χ0) is 33.2. The van der Waals surface area contributed by atoms with Crippen molar-refractivity contribution < 1.29 is 19.8 Å². The summed E-state index contributed by atoms with van der Waals surface area (Å²) in [6.45, 7) is 19.3. The van der Waals surface area contributed by atoms with Crippen molar-refractivity contribution in [1.82, 2.24) is 0 Å². The number of hydrogen-bond donors (Lipinski definition) is 2. The van der Waals surface area contributed by atoms with Crippen molar-refractivity contribution in [3.05, 3.63) is 93.2 Å². The maximum absolute atomic E-state index is 12.2. The first-order valence-electron chi connectivity index (χ1n) is 14.9. The summed E-state index contributed by atoms with van der Waals surface area (Å²) in [6.07, 6.45) is 14.2. The molecule has 0 spiro atoms. The van der Waals surface area contributed by atoms with Crippen molar-refractivity contribution >= 4 is 11.6 Å². The quantitative estimate of drug-likeness (QED) is 0.267. The summed E-state index contributed by atoms with van der Waals surface area (Å²) in [5, 5.41) is 20.0. The van der Waals surface area contributed by atoms with Gasteiger partial charge in [-0.05, 0) is 88.8 Å². The van der Waals surface area contributed by atoms with Gasteiger partial charge in [-0.3, -0.25) is 9.59 Å². The van der Waals surface area contributed by atoms with Crippen LogP contribution in [0.2, 0.25) is 0 Å². The van der Waals surface area contributed by atoms with Crippen LogP contribution < -0.4 is 0 Å². The number of aliphatic hydroxyl groups excluding tert-OH is 2. The summed E-state index contributed by atoms with van der Waals surface area (Å²) in [5.41, 5.74) is 5.74. The molecule has 0 saturated carbocycles. The molecular formula is C40H46O4. The van der Waals surface area contributed by atoms with Crippen LogP contribution in [-0.2, 0) is 9.59 Å². The molecular weight excluding hydrogens is 544 g/mol. The van der Waals surface area contributed by atoms with Gasteiger partial charge in [0.15, 0.2) is 11.6 Å². The minimum absolute atomic E-state index is 0.235. The van der Waals surface area contributed by atoms with E-state index in [1.165, 1.54) is 0 Å². The fraction of sp³-hybridized carbons (Fsp3) is 0.400. The van der Waals surface area contributed by atoms with Gasteiger partial charge < -0.3 is 10.2 Å². The Labute approximate surface area is 264 Å². The second kappa shape index (κ2) is 15.5. The second-order valence-corrected chi connectivity index (χ2v) is 12.9. The van der Waals surface area contributed by atoms with Gasteiger partial charge in [-0.15, -0.1) is 0 Å². The van der Waals surface area contributed by atoms with Crippen LogP contribution in [0, 0.1) is 46.4 Å². The SMILES string of the molecule is CC1=C(C#C/C(C)=C/C=C/C(C)=C/C#C/C=C(C)/C=C/C=C(\C)C#CC2=C(C)C(=O)[C@@H](O)CC2(C)C)C(C)(C)C[C@H](O)C1=O. The highest BCUT2D eigenvalue weighted by Gasteiger charge is 2.38. The molecule has 0 radical (unpaired) electrons. The Balaban J connectivity index is 2.00. The molecule has 0 aliphatic heterocycles. The normalized spacial score (nSPS) is 22.9. The van der Waals surface area contributed by atoms with Crippen LogP contribution >= 0.6 is 0 Å². The molecule has 230 valence electrons. The lowest BCUT2D eigenvalue weighted by Crippen LogP contribution is -2.35. The highest BCUT2D eigenvalue weighted by Crippen LogP contribution is 2.39. The summed E-state index contributed by atoms with van der Waals surface area (Å²) in [7, 11) is 0. The van der Waals surface area contributed by atoms with Gasteiger partial charge in [-0.1, -0.05) is 99.7 Å². The number of rotatable bonds is 4. The van der Waals surface area contributed by atoms with E-state index < -0.39 is 12.2 Å². The second-order valence-electron chi connectivity index (χ2n) is 12.9. The molecule has 2 rings (SSSR count). The van der Waals surface area contributed by atoms with Crippen LogP contribution in [-0.4, -0.2) is 34.0 Å². The lowest BCUT2D eigenvalue weighted by Gasteiger charge is -2.33. The number of allylic oxidation sites excluding steroid dienone is 14. The van der Waals surface area contributed by atoms with Crippen molar-refractivity contribution in [1.29, 1.82) is 0 Å². The molecule has 0 heterocycles. The minimum atomic E-state index is -0.948. The van der Waals surface area contributed by atoms with E-state index in [1.807, 2.05) is 104 Å². The molecule has 44 heavy (non-hydrogen) atoms. The Morgan fingerprint density at radius 3 is 1.36 bits per heavy atom. The highest BCUT2D eigenvalue weighted by atomic mass is 16.3. The van der Waals surface area contributed by atoms with Gasteiger partial charge in [0.05, 0.1) is 0 Å². The summed E-state index contributed by atoms with van der Waals surface area (Å²) in [6, 6.07) is 0. The van der Waals surface area contributed by atoms with E-state index in [0.717, 1.165) is 33.4 Å². The number of carbonyl (C=O) groups excluding carboxylic acids is 2. The smallest absolute Gasteiger partial charge is 0.187 e. The standard InChI is InChI=1S/C40H46O4/c1-27(17-13-19-29(3)21-23-33-31(5)37(43)35(41)25-39(33,7)8)15-11-12-16-28(2)18-14-20-30(4)22-24-34-32(6)38(44)36(42)26-40(34,9)10/h13-20,35-36,41-42H,25-26H2,1-10H3/b17-13+,18-14+,27-15+,28-16+,29-19+,30-20+/t35-,36-/m0/s1. The predicted octanol–water partition coefficient (Wildman–Crippen LogP) is 7.25. The van der Waals surface area contributed by atoms with Gasteiger partial charge in [-0.25, -0.2) is 0 Å². The van der Waals surface area contributed by atoms with Crippen LogP contribution in [0.15, 0.2) is 93.2 Å². The number of hydrogen-bond acceptors (Lipinski definition) is 4. The van der Waals surface area contributed by atoms with Gasteiger partial charge in [0.2, 0.25) is 0 Å². The van der Waals surface area contributed by atoms with Crippen LogP contribution in [0.3, 0.4) is 0 Å². The van der Waals surface area contributed by atoms with Crippen LogP contribution in [0.5, 0.6) is 0 Å². The number of aliphatic hydroxyl groups is 2. The molecule has 2 N–H and O–H groups in total. The average molecular weight is 591 g/mol. The topological polar surface area (TPSA) is 74.6 Å². The largest absolute Gasteiger partial charge is 0.385 e. The lowest BCUT2D eigenvalue weighted by atomic mass is 9.71. The maximum Gasteiger partial charge on any atom is 0.187 e. The molecule has 0 bridgehead atoms. The highest BCUT2D eigenvalue weighted by molar-refractivity contribution is 6.01. The fourth-order valence-electron chi connectivity index (χ4n) is 5.14. The molecule has 4 nitrogen and oxygen atoms in total. The van der Waals surface area contributed by atoms with Crippen molar-refractivity contribution in [3.63, 3.8) is 0 Å². The maximum atomic E-state index is 12.2. The zero-order valence-corrected chi connectivity index (χ0v) is 27.9. The summed E-state index contributed by atoms with van der Waals surface area (Å²) >= 11 is 0. The molecule has 0 saturated heterocycles. The monoisotopic (exact) mass is 590 g/mol. The van der Waals surface area contributed by atoms with Crippen LogP contribution in [0.25, 0.3) is 0 Å². The molecule has 2 atom stereocenters. The molecule has 0 aromatic heterocycles. The molecule has 2 aliphatic rings. The average Bonchev–Trinajstić information content (AvgIpc) is 2.92. The summed E-state index contributed by atoms with van der Waals surface area (Å²) < 4.78 is 0. The third-order valence-corrected chi connectivity index (χ3v) is 7.72. The Bertz CT molecular complexity index is 1500. The third-order valence-electron chi connectivity index (χ3n) is 7.72. The predicted molar refractivity (Wildman–Crippen MR) is 181 cm³/mol. The Morgan fingerprint density at radius 2 is 1.02 bits per heavy atom. The van der Waals surface area contributed by atoms with Gasteiger partial charge in [0, 0.05) is 33.1 Å². The van der Waals surface area contributed by atoms with Gasteiger partial charge in [0.1, 0.15) is 12.2 Å². The third kappa shape index (κ3) is 10.2. The zero-order valence-electron chi connectivity index (χ0n) is 27.9. The van der Waals surface area contributed by atoms with E-state index in [-0.39, 0.29) is 22.4 Å². The lowest BCUT2D eigenvalue weighted by molar-refractivity contribution is -0.126. The first kappa shape index (κ1) is 36.1. The number of Topliss-reactive ketones (excluding diaryl/α,β-unsaturated/α-hetero) is 2. The van der Waals surface area contributed by atoms with Crippen LogP contribution in [0.4, 0.5) is 0 Å². The molecule has 0 aromatic carbocycles. The Hall–Kier alpha value is -4.14. The van der Waals surface area contributed by atoms with E-state index in [9.17, 15) is 19.8 Å². The van der Waals surface area contributed by atoms with Crippen molar-refractivity contribution in [2.24, 2.45) is 10.8 Å². The molecule has 2 aliphatic carbocycles. The number of ketones is 2. The Morgan fingerprint density at radius 1 is 0.682 bits per heavy atom. The fourth-order valence-corrected chi connectivity index (χ4v) is 5.14. The van der Waals surface area contributed by atoms with Gasteiger partial charge in [0.25, 0.3) is 0 Å². The van der Waals surface area contributed by atoms with Crippen LogP contribution in [0.1, 0.15) is 82.1 Å². The Kier molecular flexibility index (Phi) is 12.7. The molecule has 0 aromatic rings. The van der Waals surface area contributed by atoms with Gasteiger partial charge in [-0.2, -0.15) is 0 Å².